The fourth-order valence-electron chi connectivity index (χ4n) is 3.21. The Morgan fingerprint density at radius 1 is 0.920 bits per heavy atom. The molecule has 2 rings (SSSR count). The van der Waals surface area contributed by atoms with Crippen molar-refractivity contribution in [3.8, 4) is 0 Å². The van der Waals surface area contributed by atoms with Crippen molar-refractivity contribution in [3.05, 3.63) is 35.4 Å². The fourth-order valence-corrected chi connectivity index (χ4v) is 3.21. The van der Waals surface area contributed by atoms with Crippen molar-refractivity contribution in [2.24, 2.45) is 0 Å². The molecular weight excluding hydrogens is 322 g/mol. The van der Waals surface area contributed by atoms with Crippen LogP contribution in [-0.4, -0.2) is 76.7 Å². The first-order chi connectivity index (χ1) is 12.0. The van der Waals surface area contributed by atoms with Crippen LogP contribution in [0, 0.1) is 0 Å². The Morgan fingerprint density at radius 3 is 2.20 bits per heavy atom. The van der Waals surface area contributed by atoms with E-state index in [9.17, 15) is 20.4 Å². The largest absolute Gasteiger partial charge is 0.389 e. The van der Waals surface area contributed by atoms with Crippen LogP contribution in [0.5, 0.6) is 0 Å². The zero-order valence-corrected chi connectivity index (χ0v) is 14.9. The standard InChI is InChI=1S/C19H31NO5/c1-25-12-10-15-8-6-14(7-9-15)5-3-2-4-11-20-13-16(21)17(22)18(23)19(20)24/h6-9,16-19,21-24H,2-5,10-13H2,1H3/t16-,17+,18-,19+/m0/s1. The fraction of sp³-hybridized carbons (Fsp3) is 0.684. The summed E-state index contributed by atoms with van der Waals surface area (Å²) in [5.74, 6) is 0. The summed E-state index contributed by atoms with van der Waals surface area (Å²) >= 11 is 0. The molecule has 142 valence electrons. The maximum Gasteiger partial charge on any atom is 0.136 e. The maximum absolute atomic E-state index is 9.94. The molecule has 0 bridgehead atoms. The minimum atomic E-state index is -1.32. The van der Waals surface area contributed by atoms with Gasteiger partial charge >= 0.3 is 0 Å². The number of aryl methyl sites for hydroxylation is 1. The molecule has 1 aliphatic heterocycles. The predicted molar refractivity (Wildman–Crippen MR) is 95.2 cm³/mol. The second kappa shape index (κ2) is 10.2. The Balaban J connectivity index is 1.64. The molecule has 6 heteroatoms. The summed E-state index contributed by atoms with van der Waals surface area (Å²) in [6.45, 7) is 1.52. The Labute approximate surface area is 149 Å². The Bertz CT molecular complexity index is 495. The number of aliphatic hydroxyl groups excluding tert-OH is 4. The average Bonchev–Trinajstić information content (AvgIpc) is 2.63. The van der Waals surface area contributed by atoms with Gasteiger partial charge in [0.25, 0.3) is 0 Å². The summed E-state index contributed by atoms with van der Waals surface area (Å²) in [6.07, 6.45) is 0.140. The van der Waals surface area contributed by atoms with Gasteiger partial charge in [-0.2, -0.15) is 0 Å². The van der Waals surface area contributed by atoms with Crippen molar-refractivity contribution < 1.29 is 25.2 Å². The van der Waals surface area contributed by atoms with Gasteiger partial charge in [0.15, 0.2) is 0 Å². The second-order valence-corrected chi connectivity index (χ2v) is 6.83. The van der Waals surface area contributed by atoms with Gasteiger partial charge in [0.1, 0.15) is 18.4 Å². The molecule has 1 aliphatic rings. The molecule has 0 spiro atoms. The van der Waals surface area contributed by atoms with E-state index in [-0.39, 0.29) is 6.54 Å². The molecule has 25 heavy (non-hydrogen) atoms. The summed E-state index contributed by atoms with van der Waals surface area (Å²) in [5.41, 5.74) is 2.59. The predicted octanol–water partition coefficient (Wildman–Crippen LogP) is 0.305. The number of piperidine rings is 1. The number of methoxy groups -OCH3 is 1. The number of hydrogen-bond acceptors (Lipinski definition) is 6. The molecule has 1 aromatic rings. The van der Waals surface area contributed by atoms with Gasteiger partial charge < -0.3 is 25.2 Å². The summed E-state index contributed by atoms with van der Waals surface area (Å²) in [5, 5.41) is 38.9. The van der Waals surface area contributed by atoms with Crippen LogP contribution in [-0.2, 0) is 17.6 Å². The van der Waals surface area contributed by atoms with E-state index in [0.29, 0.717) is 6.54 Å². The van der Waals surface area contributed by atoms with Crippen LogP contribution >= 0.6 is 0 Å². The lowest BCUT2D eigenvalue weighted by atomic mass is 9.99. The number of hydrogen-bond donors (Lipinski definition) is 4. The number of nitrogens with zero attached hydrogens (tertiary/aromatic N) is 1. The third-order valence-corrected chi connectivity index (χ3v) is 4.87. The molecule has 1 fully saturated rings. The van der Waals surface area contributed by atoms with E-state index in [4.69, 9.17) is 4.74 Å². The SMILES string of the molecule is COCCc1ccc(CCCCCN2C[C@H](O)[C@@H](O)[C@H](O)[C@H]2O)cc1. The van der Waals surface area contributed by atoms with E-state index in [0.717, 1.165) is 38.7 Å². The van der Waals surface area contributed by atoms with Gasteiger partial charge in [0, 0.05) is 20.2 Å². The van der Waals surface area contributed by atoms with Crippen molar-refractivity contribution in [1.29, 1.82) is 0 Å². The summed E-state index contributed by atoms with van der Waals surface area (Å²) < 4.78 is 5.08. The van der Waals surface area contributed by atoms with Gasteiger partial charge in [0.05, 0.1) is 12.7 Å². The van der Waals surface area contributed by atoms with Gasteiger partial charge in [-0.15, -0.1) is 0 Å². The van der Waals surface area contributed by atoms with Crippen molar-refractivity contribution in [2.45, 2.75) is 56.6 Å². The quantitative estimate of drug-likeness (QED) is 0.477. The first-order valence-corrected chi connectivity index (χ1v) is 9.06. The van der Waals surface area contributed by atoms with Gasteiger partial charge in [-0.1, -0.05) is 30.7 Å². The average molecular weight is 353 g/mol. The van der Waals surface area contributed by atoms with Crippen LogP contribution < -0.4 is 0 Å². The lowest BCUT2D eigenvalue weighted by molar-refractivity contribution is -0.194. The topological polar surface area (TPSA) is 93.4 Å². The first-order valence-electron chi connectivity index (χ1n) is 9.06. The normalized spacial score (nSPS) is 27.6. The first kappa shape index (κ1) is 20.3. The van der Waals surface area contributed by atoms with Gasteiger partial charge in [-0.25, -0.2) is 0 Å². The van der Waals surface area contributed by atoms with Crippen molar-refractivity contribution in [3.63, 3.8) is 0 Å². The number of unbranched alkanes of at least 4 members (excludes halogenated alkanes) is 2. The van der Waals surface area contributed by atoms with Crippen LogP contribution in [0.1, 0.15) is 30.4 Å². The molecule has 0 saturated carbocycles. The molecule has 6 nitrogen and oxygen atoms in total. The molecule has 0 amide bonds. The molecule has 0 aromatic heterocycles. The number of β-amino-alcohol motifs (C(OH)–C–C–N with tert-alkyl or cyclic N) is 1. The molecule has 1 aromatic carbocycles. The van der Waals surface area contributed by atoms with Gasteiger partial charge in [0.2, 0.25) is 0 Å². The number of rotatable bonds is 9. The van der Waals surface area contributed by atoms with E-state index in [2.05, 4.69) is 24.3 Å². The van der Waals surface area contributed by atoms with E-state index in [1.807, 2.05) is 0 Å². The number of aliphatic hydroxyl groups is 4. The number of likely N-dealkylation sites (tertiary alicyclic amines) is 1. The zero-order chi connectivity index (χ0) is 18.2. The molecule has 0 radical (unpaired) electrons. The molecule has 0 aliphatic carbocycles. The second-order valence-electron chi connectivity index (χ2n) is 6.83. The molecule has 1 heterocycles. The molecule has 1 saturated heterocycles. The van der Waals surface area contributed by atoms with E-state index in [1.54, 1.807) is 12.0 Å². The highest BCUT2D eigenvalue weighted by Crippen LogP contribution is 2.18. The Hall–Kier alpha value is -1.02. The number of benzene rings is 1. The summed E-state index contributed by atoms with van der Waals surface area (Å²) in [6, 6.07) is 8.61. The zero-order valence-electron chi connectivity index (χ0n) is 14.9. The Kier molecular flexibility index (Phi) is 8.29. The van der Waals surface area contributed by atoms with Crippen LogP contribution in [0.25, 0.3) is 0 Å². The minimum Gasteiger partial charge on any atom is -0.389 e. The number of ether oxygens (including phenoxy) is 1. The third kappa shape index (κ3) is 6.02. The van der Waals surface area contributed by atoms with Gasteiger partial charge in [-0.05, 0) is 36.8 Å². The van der Waals surface area contributed by atoms with E-state index < -0.39 is 24.5 Å². The van der Waals surface area contributed by atoms with Crippen LogP contribution in [0.15, 0.2) is 24.3 Å². The van der Waals surface area contributed by atoms with Crippen molar-refractivity contribution >= 4 is 0 Å². The van der Waals surface area contributed by atoms with E-state index >= 15 is 0 Å². The van der Waals surface area contributed by atoms with Gasteiger partial charge in [-0.3, -0.25) is 4.90 Å². The van der Waals surface area contributed by atoms with Crippen LogP contribution in [0.4, 0.5) is 0 Å². The highest BCUT2D eigenvalue weighted by molar-refractivity contribution is 5.22. The molecule has 4 atom stereocenters. The molecule has 4 N–H and O–H groups in total. The molecule has 0 unspecified atom stereocenters. The van der Waals surface area contributed by atoms with Crippen LogP contribution in [0.3, 0.4) is 0 Å². The summed E-state index contributed by atoms with van der Waals surface area (Å²) in [7, 11) is 1.71. The highest BCUT2D eigenvalue weighted by atomic mass is 16.5. The highest BCUT2D eigenvalue weighted by Gasteiger charge is 2.39. The van der Waals surface area contributed by atoms with Crippen molar-refractivity contribution in [1.82, 2.24) is 4.90 Å². The molecular formula is C19H31NO5. The minimum absolute atomic E-state index is 0.183. The summed E-state index contributed by atoms with van der Waals surface area (Å²) in [4.78, 5) is 1.63. The monoisotopic (exact) mass is 353 g/mol. The van der Waals surface area contributed by atoms with Crippen LogP contribution in [0.2, 0.25) is 0 Å². The van der Waals surface area contributed by atoms with Crippen molar-refractivity contribution in [2.75, 3.05) is 26.8 Å². The lowest BCUT2D eigenvalue weighted by Gasteiger charge is -2.41. The Morgan fingerprint density at radius 2 is 1.56 bits per heavy atom. The smallest absolute Gasteiger partial charge is 0.136 e. The maximum atomic E-state index is 9.94. The van der Waals surface area contributed by atoms with E-state index in [1.165, 1.54) is 11.1 Å². The third-order valence-electron chi connectivity index (χ3n) is 4.87. The lowest BCUT2D eigenvalue weighted by Crippen LogP contribution is -2.61.